The average molecular weight is 291 g/mol. The fourth-order valence-corrected chi connectivity index (χ4v) is 1.93. The Bertz CT molecular complexity index is 507. The first kappa shape index (κ1) is 17.1. The predicted molar refractivity (Wildman–Crippen MR) is 85.7 cm³/mol. The number of allylic oxidation sites excluding steroid dienone is 1. The molecule has 1 N–H and O–H groups in total. The zero-order valence-corrected chi connectivity index (χ0v) is 13.5. The third kappa shape index (κ3) is 5.50. The molecule has 1 aromatic carbocycles. The lowest BCUT2D eigenvalue weighted by atomic mass is 10.1. The molecule has 0 aliphatic heterocycles. The van der Waals surface area contributed by atoms with Gasteiger partial charge in [-0.1, -0.05) is 13.8 Å². The Balaban J connectivity index is 2.79. The van der Waals surface area contributed by atoms with Crippen molar-refractivity contribution in [1.29, 1.82) is 0 Å². The number of carbonyl (C=O) groups is 1. The van der Waals surface area contributed by atoms with Crippen molar-refractivity contribution in [2.24, 2.45) is 5.92 Å². The molecule has 0 saturated carbocycles. The predicted octanol–water partition coefficient (Wildman–Crippen LogP) is 3.27. The van der Waals surface area contributed by atoms with E-state index in [9.17, 15) is 4.79 Å². The highest BCUT2D eigenvalue weighted by Gasteiger charge is 2.08. The summed E-state index contributed by atoms with van der Waals surface area (Å²) in [5.41, 5.74) is 1.74. The topological polar surface area (TPSA) is 47.6 Å². The Morgan fingerprint density at radius 1 is 1.29 bits per heavy atom. The molecule has 4 nitrogen and oxygen atoms in total. The molecule has 0 aliphatic carbocycles. The van der Waals surface area contributed by atoms with Crippen molar-refractivity contribution in [3.8, 4) is 11.5 Å². The molecule has 21 heavy (non-hydrogen) atoms. The highest BCUT2D eigenvalue weighted by molar-refractivity contribution is 5.95. The molecule has 0 spiro atoms. The van der Waals surface area contributed by atoms with E-state index in [1.807, 2.05) is 25.1 Å². The summed E-state index contributed by atoms with van der Waals surface area (Å²) < 4.78 is 10.5. The second-order valence-corrected chi connectivity index (χ2v) is 5.37. The molecule has 0 saturated heterocycles. The lowest BCUT2D eigenvalue weighted by Crippen LogP contribution is -2.23. The van der Waals surface area contributed by atoms with Crippen LogP contribution in [0.5, 0.6) is 11.5 Å². The van der Waals surface area contributed by atoms with Crippen molar-refractivity contribution in [2.75, 3.05) is 20.8 Å². The van der Waals surface area contributed by atoms with Gasteiger partial charge in [-0.3, -0.25) is 4.79 Å². The van der Waals surface area contributed by atoms with Gasteiger partial charge in [0, 0.05) is 24.3 Å². The van der Waals surface area contributed by atoms with E-state index in [0.717, 1.165) is 23.3 Å². The molecule has 116 valence electrons. The van der Waals surface area contributed by atoms with Gasteiger partial charge in [0.25, 0.3) is 0 Å². The van der Waals surface area contributed by atoms with Crippen LogP contribution < -0.4 is 14.8 Å². The zero-order chi connectivity index (χ0) is 15.8. The van der Waals surface area contributed by atoms with Crippen LogP contribution in [-0.4, -0.2) is 26.7 Å². The first-order valence-electron chi connectivity index (χ1n) is 7.16. The molecule has 0 radical (unpaired) electrons. The van der Waals surface area contributed by atoms with E-state index in [2.05, 4.69) is 19.2 Å². The molecule has 0 atom stereocenters. The number of benzene rings is 1. The summed E-state index contributed by atoms with van der Waals surface area (Å²) in [5, 5.41) is 2.89. The van der Waals surface area contributed by atoms with E-state index in [1.165, 1.54) is 0 Å². The Hall–Kier alpha value is -1.97. The zero-order valence-electron chi connectivity index (χ0n) is 13.5. The van der Waals surface area contributed by atoms with Crippen molar-refractivity contribution >= 4 is 11.5 Å². The monoisotopic (exact) mass is 291 g/mol. The van der Waals surface area contributed by atoms with Gasteiger partial charge in [0.1, 0.15) is 11.5 Å². The molecule has 0 bridgehead atoms. The van der Waals surface area contributed by atoms with Gasteiger partial charge in [-0.25, -0.2) is 0 Å². The van der Waals surface area contributed by atoms with E-state index < -0.39 is 0 Å². The van der Waals surface area contributed by atoms with Crippen molar-refractivity contribution in [1.82, 2.24) is 5.32 Å². The summed E-state index contributed by atoms with van der Waals surface area (Å²) in [6.07, 6.45) is 2.58. The van der Waals surface area contributed by atoms with Crippen LogP contribution in [0.1, 0.15) is 32.8 Å². The van der Waals surface area contributed by atoms with Crippen LogP contribution in [0.3, 0.4) is 0 Å². The van der Waals surface area contributed by atoms with Gasteiger partial charge in [-0.2, -0.15) is 0 Å². The Morgan fingerprint density at radius 3 is 2.57 bits per heavy atom. The second kappa shape index (κ2) is 8.35. The highest BCUT2D eigenvalue weighted by atomic mass is 16.5. The maximum Gasteiger partial charge on any atom is 0.244 e. The first-order chi connectivity index (χ1) is 9.97. The molecule has 4 heteroatoms. The largest absolute Gasteiger partial charge is 0.497 e. The lowest BCUT2D eigenvalue weighted by molar-refractivity contribution is -0.116. The van der Waals surface area contributed by atoms with Gasteiger partial charge in [-0.05, 0) is 37.0 Å². The highest BCUT2D eigenvalue weighted by Crippen LogP contribution is 2.29. The van der Waals surface area contributed by atoms with Gasteiger partial charge < -0.3 is 14.8 Å². The van der Waals surface area contributed by atoms with Crippen LogP contribution in [0, 0.1) is 5.92 Å². The SMILES string of the molecule is COc1ccc(/C(C)=C/C(=O)NCCC(C)C)c(OC)c1. The Kier molecular flexibility index (Phi) is 6.79. The molecule has 1 aromatic rings. The van der Waals surface area contributed by atoms with Crippen LogP contribution in [0.4, 0.5) is 0 Å². The summed E-state index contributed by atoms with van der Waals surface area (Å²) in [4.78, 5) is 11.9. The van der Waals surface area contributed by atoms with Crippen LogP contribution in [0.15, 0.2) is 24.3 Å². The molecule has 0 heterocycles. The summed E-state index contributed by atoms with van der Waals surface area (Å²) in [6, 6.07) is 5.56. The number of carbonyl (C=O) groups excluding carboxylic acids is 1. The molecule has 0 aliphatic rings. The molecule has 1 amide bonds. The van der Waals surface area contributed by atoms with Crippen molar-refractivity contribution in [3.63, 3.8) is 0 Å². The third-order valence-corrected chi connectivity index (χ3v) is 3.20. The molecule has 0 fully saturated rings. The van der Waals surface area contributed by atoms with Gasteiger partial charge in [0.15, 0.2) is 0 Å². The Labute approximate surface area is 127 Å². The molecular weight excluding hydrogens is 266 g/mol. The summed E-state index contributed by atoms with van der Waals surface area (Å²) in [6.45, 7) is 6.86. The first-order valence-corrected chi connectivity index (χ1v) is 7.16. The maximum absolute atomic E-state index is 11.9. The summed E-state index contributed by atoms with van der Waals surface area (Å²) in [5.74, 6) is 1.92. The Morgan fingerprint density at radius 2 is 2.00 bits per heavy atom. The molecule has 1 rings (SSSR count). The van der Waals surface area contributed by atoms with E-state index >= 15 is 0 Å². The fraction of sp³-hybridized carbons (Fsp3) is 0.471. The van der Waals surface area contributed by atoms with Gasteiger partial charge in [-0.15, -0.1) is 0 Å². The normalized spacial score (nSPS) is 11.4. The van der Waals surface area contributed by atoms with Crippen molar-refractivity contribution < 1.29 is 14.3 Å². The average Bonchev–Trinajstić information content (AvgIpc) is 2.45. The van der Waals surface area contributed by atoms with Gasteiger partial charge in [0.2, 0.25) is 5.91 Å². The van der Waals surface area contributed by atoms with E-state index in [4.69, 9.17) is 9.47 Å². The number of methoxy groups -OCH3 is 2. The number of amides is 1. The maximum atomic E-state index is 11.9. The van der Waals surface area contributed by atoms with Crippen molar-refractivity contribution in [3.05, 3.63) is 29.8 Å². The molecule has 0 unspecified atom stereocenters. The van der Waals surface area contributed by atoms with E-state index in [0.29, 0.717) is 18.2 Å². The van der Waals surface area contributed by atoms with Crippen LogP contribution in [-0.2, 0) is 4.79 Å². The molecular formula is C17H25NO3. The molecule has 0 aromatic heterocycles. The van der Waals surface area contributed by atoms with Crippen LogP contribution >= 0.6 is 0 Å². The summed E-state index contributed by atoms with van der Waals surface area (Å²) >= 11 is 0. The second-order valence-electron chi connectivity index (χ2n) is 5.37. The third-order valence-electron chi connectivity index (χ3n) is 3.20. The number of rotatable bonds is 7. The quantitative estimate of drug-likeness (QED) is 0.784. The smallest absolute Gasteiger partial charge is 0.244 e. The van der Waals surface area contributed by atoms with E-state index in [1.54, 1.807) is 20.3 Å². The van der Waals surface area contributed by atoms with Gasteiger partial charge >= 0.3 is 0 Å². The number of hydrogen-bond donors (Lipinski definition) is 1. The fourth-order valence-electron chi connectivity index (χ4n) is 1.93. The lowest BCUT2D eigenvalue weighted by Gasteiger charge is -2.11. The standard InChI is InChI=1S/C17H25NO3/c1-12(2)8-9-18-17(19)10-13(3)15-7-6-14(20-4)11-16(15)21-5/h6-7,10-12H,8-9H2,1-5H3,(H,18,19)/b13-10+. The van der Waals surface area contributed by atoms with Gasteiger partial charge in [0.05, 0.1) is 14.2 Å². The number of ether oxygens (including phenoxy) is 2. The number of nitrogens with one attached hydrogen (secondary N) is 1. The van der Waals surface area contributed by atoms with E-state index in [-0.39, 0.29) is 5.91 Å². The minimum absolute atomic E-state index is 0.0778. The summed E-state index contributed by atoms with van der Waals surface area (Å²) in [7, 11) is 3.22. The minimum atomic E-state index is -0.0778. The number of hydrogen-bond acceptors (Lipinski definition) is 3. The minimum Gasteiger partial charge on any atom is -0.497 e. The van der Waals surface area contributed by atoms with Crippen LogP contribution in [0.2, 0.25) is 0 Å². The van der Waals surface area contributed by atoms with Crippen LogP contribution in [0.25, 0.3) is 5.57 Å². The van der Waals surface area contributed by atoms with Crippen molar-refractivity contribution in [2.45, 2.75) is 27.2 Å².